The molecule has 7 heteroatoms. The van der Waals surface area contributed by atoms with Crippen molar-refractivity contribution in [3.8, 4) is 0 Å². The largest absolute Gasteiger partial charge is 0.367 e. The van der Waals surface area contributed by atoms with Gasteiger partial charge in [-0.05, 0) is 13.8 Å². The van der Waals surface area contributed by atoms with E-state index in [2.05, 4.69) is 19.8 Å². The van der Waals surface area contributed by atoms with Crippen LogP contribution in [-0.2, 0) is 6.54 Å². The summed E-state index contributed by atoms with van der Waals surface area (Å²) in [5, 5.41) is 7.68. The topological polar surface area (TPSA) is 89.9 Å². The Labute approximate surface area is 90.7 Å². The van der Waals surface area contributed by atoms with Crippen LogP contribution in [0.2, 0.25) is 0 Å². The number of hydrogen-bond donors (Lipinski definition) is 2. The van der Waals surface area contributed by atoms with Crippen molar-refractivity contribution < 1.29 is 4.52 Å². The molecule has 0 bridgehead atoms. The van der Waals surface area contributed by atoms with E-state index in [4.69, 9.17) is 10.3 Å². The molecule has 0 atom stereocenters. The maximum absolute atomic E-state index is 5.40. The summed E-state index contributed by atoms with van der Waals surface area (Å²) in [4.78, 5) is 3.99. The van der Waals surface area contributed by atoms with Crippen molar-refractivity contribution in [2.75, 3.05) is 11.1 Å². The fourth-order valence-corrected chi connectivity index (χ4v) is 1.72. The predicted octanol–water partition coefficient (Wildman–Crippen LogP) is 1.34. The molecule has 0 aliphatic carbocycles. The third-order valence-corrected chi connectivity index (χ3v) is 2.73. The Bertz CT molecular complexity index is 444. The highest BCUT2D eigenvalue weighted by molar-refractivity contribution is 7.09. The first-order chi connectivity index (χ1) is 7.16. The van der Waals surface area contributed by atoms with Gasteiger partial charge < -0.3 is 15.6 Å². The minimum Gasteiger partial charge on any atom is -0.367 e. The molecule has 2 aromatic rings. The van der Waals surface area contributed by atoms with Crippen LogP contribution in [0.15, 0.2) is 4.52 Å². The third-order valence-electron chi connectivity index (χ3n) is 2.04. The Morgan fingerprint density at radius 3 is 2.80 bits per heavy atom. The molecule has 0 amide bonds. The van der Waals surface area contributed by atoms with Crippen LogP contribution in [0.3, 0.4) is 0 Å². The molecule has 0 aliphatic rings. The van der Waals surface area contributed by atoms with Crippen molar-refractivity contribution in [3.63, 3.8) is 0 Å². The van der Waals surface area contributed by atoms with Crippen LogP contribution < -0.4 is 11.1 Å². The minimum atomic E-state index is 0.293. The number of aryl methyl sites for hydroxylation is 2. The van der Waals surface area contributed by atoms with Gasteiger partial charge in [0, 0.05) is 23.6 Å². The molecular formula is C8H11N5OS. The van der Waals surface area contributed by atoms with E-state index in [9.17, 15) is 0 Å². The molecule has 0 spiro atoms. The lowest BCUT2D eigenvalue weighted by Gasteiger charge is -2.00. The van der Waals surface area contributed by atoms with Gasteiger partial charge in [0.15, 0.2) is 0 Å². The Kier molecular flexibility index (Phi) is 2.55. The summed E-state index contributed by atoms with van der Waals surface area (Å²) in [6.07, 6.45) is 0. The monoisotopic (exact) mass is 225 g/mol. The van der Waals surface area contributed by atoms with Gasteiger partial charge in [-0.25, -0.2) is 0 Å². The van der Waals surface area contributed by atoms with Gasteiger partial charge in [-0.1, -0.05) is 5.16 Å². The second kappa shape index (κ2) is 3.85. The van der Waals surface area contributed by atoms with Crippen LogP contribution >= 0.6 is 11.5 Å². The highest BCUT2D eigenvalue weighted by Gasteiger charge is 2.09. The zero-order valence-electron chi connectivity index (χ0n) is 8.44. The number of nitrogens with two attached hydrogens (primary N) is 1. The van der Waals surface area contributed by atoms with Crippen LogP contribution in [0, 0.1) is 13.8 Å². The summed E-state index contributed by atoms with van der Waals surface area (Å²) in [5.74, 6) is 1.11. The summed E-state index contributed by atoms with van der Waals surface area (Å²) in [6.45, 7) is 4.41. The van der Waals surface area contributed by atoms with E-state index < -0.39 is 0 Å². The summed E-state index contributed by atoms with van der Waals surface area (Å²) in [7, 11) is 0. The summed E-state index contributed by atoms with van der Waals surface area (Å²) in [6, 6.07) is 0. The molecule has 80 valence electrons. The first-order valence-electron chi connectivity index (χ1n) is 4.41. The van der Waals surface area contributed by atoms with Gasteiger partial charge >= 0.3 is 0 Å². The molecule has 6 nitrogen and oxygen atoms in total. The van der Waals surface area contributed by atoms with Crippen LogP contribution in [0.5, 0.6) is 0 Å². The molecule has 2 aromatic heterocycles. The van der Waals surface area contributed by atoms with Crippen LogP contribution in [0.25, 0.3) is 0 Å². The fraction of sp³-hybridized carbons (Fsp3) is 0.375. The van der Waals surface area contributed by atoms with Crippen molar-refractivity contribution in [2.24, 2.45) is 0 Å². The lowest BCUT2D eigenvalue weighted by Crippen LogP contribution is -2.01. The molecule has 0 aliphatic heterocycles. The van der Waals surface area contributed by atoms with Crippen molar-refractivity contribution in [1.29, 1.82) is 0 Å². The Morgan fingerprint density at radius 1 is 1.47 bits per heavy atom. The molecule has 0 saturated carbocycles. The highest BCUT2D eigenvalue weighted by atomic mass is 32.1. The van der Waals surface area contributed by atoms with Gasteiger partial charge in [0.2, 0.25) is 11.1 Å². The standard InChI is InChI=1S/C8H11N5OS/c1-4-6(5(2)14-12-4)3-10-8-11-7(9)13-15-8/h3H2,1-2H3,(H3,9,10,11,13). The zero-order valence-corrected chi connectivity index (χ0v) is 9.26. The lowest BCUT2D eigenvalue weighted by molar-refractivity contribution is 0.392. The van der Waals surface area contributed by atoms with Crippen molar-refractivity contribution >= 4 is 22.6 Å². The average Bonchev–Trinajstić information content (AvgIpc) is 2.73. The SMILES string of the molecule is Cc1noc(C)c1CNc1nc(N)ns1. The summed E-state index contributed by atoms with van der Waals surface area (Å²) >= 11 is 1.23. The van der Waals surface area contributed by atoms with Gasteiger partial charge in [-0.2, -0.15) is 9.36 Å². The number of aromatic nitrogens is 3. The number of nitrogens with zero attached hydrogens (tertiary/aromatic N) is 3. The lowest BCUT2D eigenvalue weighted by atomic mass is 10.2. The Hall–Kier alpha value is -1.63. The van der Waals surface area contributed by atoms with E-state index >= 15 is 0 Å². The van der Waals surface area contributed by atoms with Crippen molar-refractivity contribution in [1.82, 2.24) is 14.5 Å². The second-order valence-electron chi connectivity index (χ2n) is 3.11. The maximum Gasteiger partial charge on any atom is 0.233 e. The molecule has 15 heavy (non-hydrogen) atoms. The van der Waals surface area contributed by atoms with E-state index in [1.54, 1.807) is 0 Å². The maximum atomic E-state index is 5.40. The number of hydrogen-bond acceptors (Lipinski definition) is 7. The smallest absolute Gasteiger partial charge is 0.233 e. The fourth-order valence-electron chi connectivity index (χ4n) is 1.22. The number of rotatable bonds is 3. The Balaban J connectivity index is 2.05. The normalized spacial score (nSPS) is 10.5. The Morgan fingerprint density at radius 2 is 2.27 bits per heavy atom. The number of nitrogen functional groups attached to an aromatic ring is 1. The van der Waals surface area contributed by atoms with Crippen LogP contribution in [-0.4, -0.2) is 14.5 Å². The predicted molar refractivity (Wildman–Crippen MR) is 57.6 cm³/mol. The molecule has 0 radical (unpaired) electrons. The molecule has 0 aromatic carbocycles. The highest BCUT2D eigenvalue weighted by Crippen LogP contribution is 2.16. The molecule has 2 rings (SSSR count). The van der Waals surface area contributed by atoms with Crippen LogP contribution in [0.4, 0.5) is 11.1 Å². The van der Waals surface area contributed by atoms with Gasteiger partial charge in [0.25, 0.3) is 0 Å². The van der Waals surface area contributed by atoms with Crippen molar-refractivity contribution in [2.45, 2.75) is 20.4 Å². The van der Waals surface area contributed by atoms with Gasteiger partial charge in [0.05, 0.1) is 5.69 Å². The zero-order chi connectivity index (χ0) is 10.8. The van der Waals surface area contributed by atoms with E-state index in [0.29, 0.717) is 17.6 Å². The first kappa shape index (κ1) is 9.91. The minimum absolute atomic E-state index is 0.293. The van der Waals surface area contributed by atoms with Crippen molar-refractivity contribution in [3.05, 3.63) is 17.0 Å². The number of nitrogens with one attached hydrogen (secondary N) is 1. The van der Waals surface area contributed by atoms with Crippen LogP contribution in [0.1, 0.15) is 17.0 Å². The average molecular weight is 225 g/mol. The molecule has 0 unspecified atom stereocenters. The summed E-state index contributed by atoms with van der Waals surface area (Å²) in [5.41, 5.74) is 7.34. The van der Waals surface area contributed by atoms with Gasteiger partial charge in [-0.15, -0.1) is 0 Å². The van der Waals surface area contributed by atoms with E-state index in [1.165, 1.54) is 11.5 Å². The second-order valence-corrected chi connectivity index (χ2v) is 3.87. The molecule has 0 fully saturated rings. The van der Waals surface area contributed by atoms with E-state index in [1.807, 2.05) is 13.8 Å². The third kappa shape index (κ3) is 2.07. The summed E-state index contributed by atoms with van der Waals surface area (Å²) < 4.78 is 8.91. The van der Waals surface area contributed by atoms with Gasteiger partial charge in [-0.3, -0.25) is 0 Å². The quantitative estimate of drug-likeness (QED) is 0.819. The number of anilines is 2. The molecule has 2 heterocycles. The van der Waals surface area contributed by atoms with Gasteiger partial charge in [0.1, 0.15) is 5.76 Å². The molecule has 3 N–H and O–H groups in total. The molecule has 0 saturated heterocycles. The first-order valence-corrected chi connectivity index (χ1v) is 5.19. The molecular weight excluding hydrogens is 214 g/mol. The van der Waals surface area contributed by atoms with E-state index in [0.717, 1.165) is 17.0 Å². The van der Waals surface area contributed by atoms with E-state index in [-0.39, 0.29) is 0 Å².